The number of benzene rings is 1. The van der Waals surface area contributed by atoms with Crippen LogP contribution in [0, 0.1) is 24.4 Å². The van der Waals surface area contributed by atoms with Gasteiger partial charge in [0, 0.05) is 5.56 Å². The van der Waals surface area contributed by atoms with Gasteiger partial charge in [0.15, 0.2) is 11.6 Å². The van der Waals surface area contributed by atoms with Crippen LogP contribution in [-0.2, 0) is 0 Å². The van der Waals surface area contributed by atoms with E-state index in [-0.39, 0.29) is 10.0 Å². The summed E-state index contributed by atoms with van der Waals surface area (Å²) in [7, 11) is 0. The lowest BCUT2D eigenvalue weighted by Crippen LogP contribution is -1.96. The van der Waals surface area contributed by atoms with E-state index in [9.17, 15) is 13.2 Å². The van der Waals surface area contributed by atoms with Gasteiger partial charge < -0.3 is 0 Å². The van der Waals surface area contributed by atoms with Crippen LogP contribution in [-0.4, -0.2) is 0 Å². The first-order valence-corrected chi connectivity index (χ1v) is 4.12. The van der Waals surface area contributed by atoms with Gasteiger partial charge >= 0.3 is 0 Å². The van der Waals surface area contributed by atoms with Crippen molar-refractivity contribution >= 4 is 27.5 Å². The molecule has 0 saturated carbocycles. The van der Waals surface area contributed by atoms with Crippen molar-refractivity contribution in [2.75, 3.05) is 0 Å². The molecule has 5 heteroatoms. The quantitative estimate of drug-likeness (QED) is 0.491. The largest absolute Gasteiger partial charge is 0.205 e. The molecular formula is C7H3BrClF3. The molecule has 12 heavy (non-hydrogen) atoms. The Balaban J connectivity index is 3.60. The van der Waals surface area contributed by atoms with Gasteiger partial charge in [-0.1, -0.05) is 11.6 Å². The molecule has 1 aromatic rings. The van der Waals surface area contributed by atoms with Gasteiger partial charge in [0.2, 0.25) is 0 Å². The van der Waals surface area contributed by atoms with E-state index in [4.69, 9.17) is 11.6 Å². The van der Waals surface area contributed by atoms with Crippen LogP contribution in [0.4, 0.5) is 13.2 Å². The molecule has 0 radical (unpaired) electrons. The number of hydrogen-bond donors (Lipinski definition) is 0. The summed E-state index contributed by atoms with van der Waals surface area (Å²) in [4.78, 5) is 0. The van der Waals surface area contributed by atoms with Crippen LogP contribution in [0.3, 0.4) is 0 Å². The van der Waals surface area contributed by atoms with Gasteiger partial charge in [-0.05, 0) is 22.9 Å². The summed E-state index contributed by atoms with van der Waals surface area (Å²) < 4.78 is 38.0. The van der Waals surface area contributed by atoms with Crippen LogP contribution in [0.25, 0.3) is 0 Å². The highest BCUT2D eigenvalue weighted by Gasteiger charge is 2.19. The maximum Gasteiger partial charge on any atom is 0.181 e. The molecule has 1 aromatic carbocycles. The van der Waals surface area contributed by atoms with Crippen LogP contribution in [0.1, 0.15) is 5.56 Å². The average molecular weight is 259 g/mol. The Morgan fingerprint density at radius 2 is 1.58 bits per heavy atom. The Kier molecular flexibility index (Phi) is 2.68. The van der Waals surface area contributed by atoms with Crippen molar-refractivity contribution in [3.8, 4) is 0 Å². The summed E-state index contributed by atoms with van der Waals surface area (Å²) >= 11 is 7.85. The molecule has 0 aliphatic heterocycles. The lowest BCUT2D eigenvalue weighted by atomic mass is 10.2. The summed E-state index contributed by atoms with van der Waals surface area (Å²) in [5.41, 5.74) is -0.0427. The van der Waals surface area contributed by atoms with E-state index >= 15 is 0 Å². The third-order valence-corrected chi connectivity index (χ3v) is 2.70. The first-order valence-electron chi connectivity index (χ1n) is 2.94. The van der Waals surface area contributed by atoms with E-state index in [1.54, 1.807) is 0 Å². The van der Waals surface area contributed by atoms with Gasteiger partial charge in [0.25, 0.3) is 0 Å². The molecule has 1 rings (SSSR count). The Bertz CT molecular complexity index is 233. The van der Waals surface area contributed by atoms with Crippen molar-refractivity contribution in [3.63, 3.8) is 0 Å². The normalized spacial score (nSPS) is 10.5. The summed E-state index contributed by atoms with van der Waals surface area (Å²) in [6.45, 7) is 1.30. The maximum atomic E-state index is 12.9. The van der Waals surface area contributed by atoms with Gasteiger partial charge in [-0.25, -0.2) is 13.2 Å². The highest BCUT2D eigenvalue weighted by atomic mass is 79.9. The van der Waals surface area contributed by atoms with Crippen LogP contribution in [0.5, 0.6) is 0 Å². The molecule has 0 aliphatic carbocycles. The van der Waals surface area contributed by atoms with Gasteiger partial charge in [0.1, 0.15) is 10.8 Å². The Labute approximate surface area is 80.5 Å². The summed E-state index contributed by atoms with van der Waals surface area (Å²) in [6.07, 6.45) is 0. The summed E-state index contributed by atoms with van der Waals surface area (Å²) in [6, 6.07) is 0. The van der Waals surface area contributed by atoms with E-state index in [0.29, 0.717) is 0 Å². The van der Waals surface area contributed by atoms with Gasteiger partial charge in [0.05, 0.1) is 4.47 Å². The molecule has 0 unspecified atom stereocenters. The first kappa shape index (κ1) is 9.86. The zero-order valence-electron chi connectivity index (χ0n) is 5.89. The predicted octanol–water partition coefficient (Wildman–Crippen LogP) is 3.83. The van der Waals surface area contributed by atoms with Crippen LogP contribution >= 0.6 is 27.5 Å². The van der Waals surface area contributed by atoms with Gasteiger partial charge in [-0.15, -0.1) is 0 Å². The van der Waals surface area contributed by atoms with E-state index in [1.165, 1.54) is 6.92 Å². The molecular weight excluding hydrogens is 256 g/mol. The molecule has 66 valence electrons. The minimum Gasteiger partial charge on any atom is -0.205 e. The van der Waals surface area contributed by atoms with E-state index < -0.39 is 22.5 Å². The average Bonchev–Trinajstić information content (AvgIpc) is 2.08. The molecule has 0 bridgehead atoms. The summed E-state index contributed by atoms with van der Waals surface area (Å²) in [5.74, 6) is -3.48. The highest BCUT2D eigenvalue weighted by molar-refractivity contribution is 9.10. The van der Waals surface area contributed by atoms with Crippen LogP contribution < -0.4 is 0 Å². The smallest absolute Gasteiger partial charge is 0.181 e. The highest BCUT2D eigenvalue weighted by Crippen LogP contribution is 2.31. The van der Waals surface area contributed by atoms with Crippen LogP contribution in [0.2, 0.25) is 5.02 Å². The van der Waals surface area contributed by atoms with Gasteiger partial charge in [-0.3, -0.25) is 0 Å². The van der Waals surface area contributed by atoms with Crippen molar-refractivity contribution in [1.29, 1.82) is 0 Å². The van der Waals surface area contributed by atoms with Crippen molar-refractivity contribution in [3.05, 3.63) is 32.5 Å². The molecule has 0 atom stereocenters. The van der Waals surface area contributed by atoms with E-state index in [2.05, 4.69) is 15.9 Å². The topological polar surface area (TPSA) is 0 Å². The lowest BCUT2D eigenvalue weighted by molar-refractivity contribution is 0.488. The van der Waals surface area contributed by atoms with Crippen molar-refractivity contribution in [2.24, 2.45) is 0 Å². The molecule has 0 aromatic heterocycles. The van der Waals surface area contributed by atoms with Crippen molar-refractivity contribution in [1.82, 2.24) is 0 Å². The van der Waals surface area contributed by atoms with E-state index in [0.717, 1.165) is 0 Å². The fourth-order valence-corrected chi connectivity index (χ4v) is 1.29. The minimum absolute atomic E-state index is 0.0427. The number of rotatable bonds is 0. The molecule has 0 amide bonds. The van der Waals surface area contributed by atoms with Crippen molar-refractivity contribution < 1.29 is 13.2 Å². The lowest BCUT2D eigenvalue weighted by Gasteiger charge is -2.04. The van der Waals surface area contributed by atoms with E-state index in [1.807, 2.05) is 0 Å². The minimum atomic E-state index is -1.37. The molecule has 0 N–H and O–H groups in total. The summed E-state index contributed by atoms with van der Waals surface area (Å²) in [5, 5.41) is -0.812. The fourth-order valence-electron chi connectivity index (χ4n) is 0.715. The van der Waals surface area contributed by atoms with Crippen molar-refractivity contribution in [2.45, 2.75) is 6.92 Å². The molecule has 0 fully saturated rings. The zero-order chi connectivity index (χ0) is 9.46. The second kappa shape index (κ2) is 3.26. The van der Waals surface area contributed by atoms with Crippen LogP contribution in [0.15, 0.2) is 4.47 Å². The number of halogens is 5. The Morgan fingerprint density at radius 1 is 1.08 bits per heavy atom. The SMILES string of the molecule is Cc1c(F)c(Cl)c(F)c(F)c1Br. The monoisotopic (exact) mass is 258 g/mol. The Hall–Kier alpha value is -0.220. The zero-order valence-corrected chi connectivity index (χ0v) is 8.23. The molecule has 0 nitrogen and oxygen atoms in total. The fraction of sp³-hybridized carbons (Fsp3) is 0.143. The predicted molar refractivity (Wildman–Crippen MR) is 43.8 cm³/mol. The first-order chi connectivity index (χ1) is 5.46. The third-order valence-electron chi connectivity index (χ3n) is 1.43. The maximum absolute atomic E-state index is 12.9. The second-order valence-electron chi connectivity index (χ2n) is 2.19. The second-order valence-corrected chi connectivity index (χ2v) is 3.37. The molecule has 0 aliphatic rings. The molecule has 0 saturated heterocycles. The molecule has 0 heterocycles. The third kappa shape index (κ3) is 1.33. The standard InChI is InChI=1S/C7H3BrClF3/c1-2-3(8)6(11)7(12)4(9)5(2)10/h1H3. The molecule has 0 spiro atoms. The Morgan fingerprint density at radius 3 is 2.08 bits per heavy atom. The van der Waals surface area contributed by atoms with Gasteiger partial charge in [-0.2, -0.15) is 0 Å². The number of hydrogen-bond acceptors (Lipinski definition) is 0.